The molecule has 5 heteroatoms. The van der Waals surface area contributed by atoms with Gasteiger partial charge in [0.15, 0.2) is 5.65 Å². The molecule has 1 saturated carbocycles. The first kappa shape index (κ1) is 11.4. The van der Waals surface area contributed by atoms with Gasteiger partial charge in [0.25, 0.3) is 0 Å². The van der Waals surface area contributed by atoms with Gasteiger partial charge >= 0.3 is 0 Å². The van der Waals surface area contributed by atoms with Crippen LogP contribution in [0.1, 0.15) is 32.1 Å². The lowest BCUT2D eigenvalue weighted by atomic mass is 9.89. The number of hydrogen-bond donors (Lipinski definition) is 1. The van der Waals surface area contributed by atoms with E-state index in [-0.39, 0.29) is 0 Å². The Kier molecular flexibility index (Phi) is 3.13. The lowest BCUT2D eigenvalue weighted by molar-refractivity contribution is 0.311. The molecule has 2 aromatic rings. The number of nitrogens with zero attached hydrogens (tertiary/aromatic N) is 4. The Morgan fingerprint density at radius 1 is 1.28 bits per heavy atom. The molecule has 0 atom stereocenters. The van der Waals surface area contributed by atoms with Gasteiger partial charge in [-0.25, -0.2) is 14.6 Å². The van der Waals surface area contributed by atoms with Crippen LogP contribution in [0.4, 0.5) is 5.82 Å². The van der Waals surface area contributed by atoms with Gasteiger partial charge in [-0.2, -0.15) is 5.10 Å². The van der Waals surface area contributed by atoms with Gasteiger partial charge in [-0.05, 0) is 18.8 Å². The predicted octanol–water partition coefficient (Wildman–Crippen LogP) is 2.45. The quantitative estimate of drug-likeness (QED) is 0.902. The Labute approximate surface area is 107 Å². The van der Waals surface area contributed by atoms with E-state index >= 15 is 0 Å². The van der Waals surface area contributed by atoms with E-state index in [2.05, 4.69) is 20.4 Å². The largest absolute Gasteiger partial charge is 0.372 e. The Morgan fingerprint density at radius 3 is 2.89 bits per heavy atom. The maximum absolute atomic E-state index is 4.47. The van der Waals surface area contributed by atoms with E-state index in [1.54, 1.807) is 6.33 Å². The normalized spacial score (nSPS) is 17.2. The lowest BCUT2D eigenvalue weighted by Crippen LogP contribution is -2.15. The molecule has 0 spiro atoms. The van der Waals surface area contributed by atoms with Crippen molar-refractivity contribution in [3.63, 3.8) is 0 Å². The molecule has 0 aliphatic heterocycles. The van der Waals surface area contributed by atoms with Crippen molar-refractivity contribution in [3.05, 3.63) is 12.5 Å². The summed E-state index contributed by atoms with van der Waals surface area (Å²) in [5.41, 5.74) is 0.944. The van der Waals surface area contributed by atoms with Crippen molar-refractivity contribution in [1.29, 1.82) is 0 Å². The Balaban J connectivity index is 1.88. The summed E-state index contributed by atoms with van der Waals surface area (Å²) in [6, 6.07) is 0. The molecule has 1 aliphatic carbocycles. The molecule has 0 unspecified atom stereocenters. The van der Waals surface area contributed by atoms with Crippen molar-refractivity contribution in [2.24, 2.45) is 5.92 Å². The number of fused-ring (bicyclic) bond motifs is 1. The summed E-state index contributed by atoms with van der Waals surface area (Å²) in [4.78, 5) is 8.57. The molecular formula is C13H19N5. The molecule has 2 heterocycles. The summed E-state index contributed by atoms with van der Waals surface area (Å²) in [5.74, 6) is 1.62. The van der Waals surface area contributed by atoms with Crippen LogP contribution in [0.25, 0.3) is 11.0 Å². The average molecular weight is 245 g/mol. The first-order chi connectivity index (χ1) is 8.88. The Morgan fingerprint density at radius 2 is 2.11 bits per heavy atom. The average Bonchev–Trinajstić information content (AvgIpc) is 2.83. The fraction of sp³-hybridized carbons (Fsp3) is 0.615. The standard InChI is InChI=1S/C13H19N5/c1-14-12-11-7-17-18(13(11)16-9-15-12)8-10-5-3-2-4-6-10/h7,9-10H,2-6,8H2,1H3,(H,14,15,16). The zero-order chi connectivity index (χ0) is 12.4. The zero-order valence-electron chi connectivity index (χ0n) is 10.8. The van der Waals surface area contributed by atoms with Crippen LogP contribution < -0.4 is 5.32 Å². The molecule has 0 bridgehead atoms. The molecule has 3 rings (SSSR count). The fourth-order valence-corrected chi connectivity index (χ4v) is 2.84. The molecule has 0 saturated heterocycles. The summed E-state index contributed by atoms with van der Waals surface area (Å²) in [7, 11) is 1.88. The van der Waals surface area contributed by atoms with Crippen LogP contribution in [0.2, 0.25) is 0 Å². The number of rotatable bonds is 3. The van der Waals surface area contributed by atoms with Crippen molar-refractivity contribution in [1.82, 2.24) is 19.7 Å². The van der Waals surface area contributed by atoms with E-state index in [1.807, 2.05) is 17.9 Å². The topological polar surface area (TPSA) is 55.6 Å². The first-order valence-electron chi connectivity index (χ1n) is 6.73. The van der Waals surface area contributed by atoms with Crippen molar-refractivity contribution in [2.45, 2.75) is 38.6 Å². The second-order valence-corrected chi connectivity index (χ2v) is 5.04. The predicted molar refractivity (Wildman–Crippen MR) is 71.4 cm³/mol. The molecule has 0 amide bonds. The van der Waals surface area contributed by atoms with Gasteiger partial charge in [0, 0.05) is 13.6 Å². The minimum absolute atomic E-state index is 0.759. The van der Waals surface area contributed by atoms with Gasteiger partial charge < -0.3 is 5.32 Å². The minimum atomic E-state index is 0.759. The summed E-state index contributed by atoms with van der Waals surface area (Å²) >= 11 is 0. The van der Waals surface area contributed by atoms with Crippen LogP contribution in [0.5, 0.6) is 0 Å². The van der Waals surface area contributed by atoms with Crippen molar-refractivity contribution in [2.75, 3.05) is 12.4 Å². The van der Waals surface area contributed by atoms with E-state index in [0.29, 0.717) is 0 Å². The van der Waals surface area contributed by atoms with E-state index in [0.717, 1.165) is 29.3 Å². The molecule has 2 aromatic heterocycles. The van der Waals surface area contributed by atoms with E-state index < -0.39 is 0 Å². The number of hydrogen-bond acceptors (Lipinski definition) is 4. The second-order valence-electron chi connectivity index (χ2n) is 5.04. The lowest BCUT2D eigenvalue weighted by Gasteiger charge is -2.21. The smallest absolute Gasteiger partial charge is 0.163 e. The molecule has 18 heavy (non-hydrogen) atoms. The van der Waals surface area contributed by atoms with Crippen LogP contribution in [0.15, 0.2) is 12.5 Å². The van der Waals surface area contributed by atoms with Crippen LogP contribution in [-0.4, -0.2) is 26.8 Å². The van der Waals surface area contributed by atoms with Crippen LogP contribution in [0, 0.1) is 5.92 Å². The summed E-state index contributed by atoms with van der Waals surface area (Å²) in [6.45, 7) is 0.990. The summed E-state index contributed by atoms with van der Waals surface area (Å²) < 4.78 is 2.04. The molecule has 1 aliphatic rings. The second kappa shape index (κ2) is 4.92. The highest BCUT2D eigenvalue weighted by atomic mass is 15.3. The molecule has 96 valence electrons. The molecule has 0 radical (unpaired) electrons. The summed E-state index contributed by atoms with van der Waals surface area (Å²) in [6.07, 6.45) is 10.2. The van der Waals surface area contributed by atoms with Crippen molar-refractivity contribution < 1.29 is 0 Å². The van der Waals surface area contributed by atoms with Gasteiger partial charge in [-0.1, -0.05) is 19.3 Å². The highest BCUT2D eigenvalue weighted by Gasteiger charge is 2.16. The third-order valence-corrected chi connectivity index (χ3v) is 3.83. The van der Waals surface area contributed by atoms with E-state index in [4.69, 9.17) is 0 Å². The molecule has 1 N–H and O–H groups in total. The molecule has 1 fully saturated rings. The zero-order valence-corrected chi connectivity index (χ0v) is 10.8. The van der Waals surface area contributed by atoms with E-state index in [9.17, 15) is 0 Å². The van der Waals surface area contributed by atoms with Crippen molar-refractivity contribution in [3.8, 4) is 0 Å². The van der Waals surface area contributed by atoms with Gasteiger partial charge in [0.1, 0.15) is 12.1 Å². The Hall–Kier alpha value is -1.65. The molecule has 5 nitrogen and oxygen atoms in total. The van der Waals surface area contributed by atoms with Gasteiger partial charge in [0.05, 0.1) is 11.6 Å². The van der Waals surface area contributed by atoms with E-state index in [1.165, 1.54) is 32.1 Å². The third-order valence-electron chi connectivity index (χ3n) is 3.83. The number of nitrogens with one attached hydrogen (secondary N) is 1. The first-order valence-corrected chi connectivity index (χ1v) is 6.73. The maximum atomic E-state index is 4.47. The SMILES string of the molecule is CNc1ncnc2c1cnn2CC1CCCCC1. The fourth-order valence-electron chi connectivity index (χ4n) is 2.84. The van der Waals surface area contributed by atoms with Crippen LogP contribution in [-0.2, 0) is 6.54 Å². The van der Waals surface area contributed by atoms with Crippen LogP contribution in [0.3, 0.4) is 0 Å². The molecule has 0 aromatic carbocycles. The number of aromatic nitrogens is 4. The highest BCUT2D eigenvalue weighted by Crippen LogP contribution is 2.26. The van der Waals surface area contributed by atoms with Crippen molar-refractivity contribution >= 4 is 16.9 Å². The van der Waals surface area contributed by atoms with Crippen LogP contribution >= 0.6 is 0 Å². The third kappa shape index (κ3) is 2.05. The molecular weight excluding hydrogens is 226 g/mol. The summed E-state index contributed by atoms with van der Waals surface area (Å²) in [5, 5.41) is 8.56. The van der Waals surface area contributed by atoms with Gasteiger partial charge in [-0.15, -0.1) is 0 Å². The maximum Gasteiger partial charge on any atom is 0.163 e. The number of anilines is 1. The minimum Gasteiger partial charge on any atom is -0.372 e. The highest BCUT2D eigenvalue weighted by molar-refractivity contribution is 5.85. The monoisotopic (exact) mass is 245 g/mol. The van der Waals surface area contributed by atoms with Gasteiger partial charge in [-0.3, -0.25) is 0 Å². The Bertz CT molecular complexity index is 527. The van der Waals surface area contributed by atoms with Gasteiger partial charge in [0.2, 0.25) is 0 Å².